The molecule has 3 nitrogen and oxygen atoms in total. The molecule has 0 amide bonds. The van der Waals surface area contributed by atoms with Crippen LogP contribution in [-0.2, 0) is 9.84 Å². The van der Waals surface area contributed by atoms with Crippen molar-refractivity contribution < 1.29 is 21.6 Å². The minimum atomic E-state index is -4.37. The highest BCUT2D eigenvalue weighted by Crippen LogP contribution is 2.26. The third-order valence-electron chi connectivity index (χ3n) is 2.18. The largest absolute Gasteiger partial charge is 0.398 e. The molecule has 0 heterocycles. The van der Waals surface area contributed by atoms with Gasteiger partial charge in [-0.1, -0.05) is 11.6 Å². The van der Waals surface area contributed by atoms with Crippen LogP contribution in [0.4, 0.5) is 18.9 Å². The lowest BCUT2D eigenvalue weighted by Crippen LogP contribution is -2.13. The van der Waals surface area contributed by atoms with E-state index in [2.05, 4.69) is 0 Å². The van der Waals surface area contributed by atoms with E-state index in [-0.39, 0.29) is 15.6 Å². The van der Waals surface area contributed by atoms with E-state index < -0.39 is 34.6 Å². The van der Waals surface area contributed by atoms with Crippen molar-refractivity contribution in [2.75, 3.05) is 11.5 Å². The summed E-state index contributed by atoms with van der Waals surface area (Å²) in [6, 6.07) is 3.85. The number of halogens is 4. The number of rotatable bonds is 4. The molecule has 18 heavy (non-hydrogen) atoms. The fourth-order valence-electron chi connectivity index (χ4n) is 1.35. The fourth-order valence-corrected chi connectivity index (χ4v) is 3.06. The van der Waals surface area contributed by atoms with Crippen LogP contribution in [0.1, 0.15) is 12.8 Å². The van der Waals surface area contributed by atoms with Crippen LogP contribution in [0.25, 0.3) is 0 Å². The Morgan fingerprint density at radius 2 is 1.89 bits per heavy atom. The highest BCUT2D eigenvalue weighted by atomic mass is 35.5. The monoisotopic (exact) mass is 301 g/mol. The predicted molar refractivity (Wildman–Crippen MR) is 63.2 cm³/mol. The van der Waals surface area contributed by atoms with Gasteiger partial charge in [-0.15, -0.1) is 0 Å². The molecular formula is C10H11ClF3NO2S. The molecule has 0 radical (unpaired) electrons. The van der Waals surface area contributed by atoms with Crippen LogP contribution in [-0.4, -0.2) is 20.3 Å². The third-order valence-corrected chi connectivity index (χ3v) is 4.27. The molecule has 102 valence electrons. The van der Waals surface area contributed by atoms with Crippen molar-refractivity contribution in [1.29, 1.82) is 0 Å². The molecule has 1 aromatic carbocycles. The molecule has 0 bridgehead atoms. The van der Waals surface area contributed by atoms with E-state index in [0.29, 0.717) is 0 Å². The van der Waals surface area contributed by atoms with Crippen molar-refractivity contribution in [3.63, 3.8) is 0 Å². The first kappa shape index (κ1) is 15.1. The second kappa shape index (κ2) is 5.36. The standard InChI is InChI=1S/C10H11ClF3NO2S/c11-7-2-3-8(15)9(6-7)18(16,17)5-1-4-10(12,13)14/h2-3,6H,1,4-5,15H2. The van der Waals surface area contributed by atoms with Crippen LogP contribution in [0.5, 0.6) is 0 Å². The van der Waals surface area contributed by atoms with Crippen molar-refractivity contribution in [3.8, 4) is 0 Å². The van der Waals surface area contributed by atoms with Gasteiger partial charge in [0.1, 0.15) is 0 Å². The molecule has 0 aliphatic rings. The average Bonchev–Trinajstić information content (AvgIpc) is 2.19. The summed E-state index contributed by atoms with van der Waals surface area (Å²) >= 11 is 5.63. The van der Waals surface area contributed by atoms with Crippen LogP contribution in [0.3, 0.4) is 0 Å². The van der Waals surface area contributed by atoms with Crippen molar-refractivity contribution >= 4 is 27.1 Å². The van der Waals surface area contributed by atoms with Gasteiger partial charge in [0.2, 0.25) is 0 Å². The van der Waals surface area contributed by atoms with Crippen molar-refractivity contribution in [2.24, 2.45) is 0 Å². The number of anilines is 1. The van der Waals surface area contributed by atoms with Gasteiger partial charge in [-0.25, -0.2) is 8.42 Å². The number of benzene rings is 1. The molecule has 0 saturated carbocycles. The average molecular weight is 302 g/mol. The number of nitrogens with two attached hydrogens (primary N) is 1. The Bertz CT molecular complexity index is 528. The van der Waals surface area contributed by atoms with E-state index in [9.17, 15) is 21.6 Å². The first-order valence-electron chi connectivity index (χ1n) is 4.96. The second-order valence-corrected chi connectivity index (χ2v) is 6.23. The van der Waals surface area contributed by atoms with E-state index in [1.165, 1.54) is 12.1 Å². The smallest absolute Gasteiger partial charge is 0.389 e. The van der Waals surface area contributed by atoms with E-state index in [1.54, 1.807) is 0 Å². The first-order chi connectivity index (χ1) is 8.12. The Labute approximate surface area is 108 Å². The number of sulfone groups is 1. The zero-order chi connectivity index (χ0) is 14.0. The van der Waals surface area contributed by atoms with Gasteiger partial charge in [0, 0.05) is 11.4 Å². The zero-order valence-corrected chi connectivity index (χ0v) is 10.7. The van der Waals surface area contributed by atoms with E-state index >= 15 is 0 Å². The molecule has 0 aliphatic carbocycles. The minimum Gasteiger partial charge on any atom is -0.398 e. The Kier molecular flexibility index (Phi) is 4.50. The first-order valence-corrected chi connectivity index (χ1v) is 6.99. The maximum absolute atomic E-state index is 11.9. The molecule has 0 saturated heterocycles. The van der Waals surface area contributed by atoms with Gasteiger partial charge < -0.3 is 5.73 Å². The van der Waals surface area contributed by atoms with Crippen molar-refractivity contribution in [1.82, 2.24) is 0 Å². The van der Waals surface area contributed by atoms with Gasteiger partial charge in [-0.3, -0.25) is 0 Å². The lowest BCUT2D eigenvalue weighted by molar-refractivity contribution is -0.134. The number of hydrogen-bond donors (Lipinski definition) is 1. The van der Waals surface area contributed by atoms with Gasteiger partial charge in [0.05, 0.1) is 16.3 Å². The number of nitrogen functional groups attached to an aromatic ring is 1. The van der Waals surface area contributed by atoms with E-state index in [0.717, 1.165) is 6.07 Å². The summed E-state index contributed by atoms with van der Waals surface area (Å²) in [7, 11) is -3.85. The summed E-state index contributed by atoms with van der Waals surface area (Å²) < 4.78 is 59.4. The van der Waals surface area contributed by atoms with Crippen LogP contribution >= 0.6 is 11.6 Å². The summed E-state index contributed by atoms with van der Waals surface area (Å²) in [5.74, 6) is -0.614. The summed E-state index contributed by atoms with van der Waals surface area (Å²) in [5, 5.41) is 0.165. The van der Waals surface area contributed by atoms with Gasteiger partial charge >= 0.3 is 6.18 Å². The van der Waals surface area contributed by atoms with Crippen LogP contribution < -0.4 is 5.73 Å². The van der Waals surface area contributed by atoms with Crippen LogP contribution in [0, 0.1) is 0 Å². The predicted octanol–water partition coefficient (Wildman–Crippen LogP) is 3.04. The van der Waals surface area contributed by atoms with E-state index in [1.807, 2.05) is 0 Å². The highest BCUT2D eigenvalue weighted by Gasteiger charge is 2.28. The lowest BCUT2D eigenvalue weighted by atomic mass is 10.3. The Balaban J connectivity index is 2.84. The fraction of sp³-hybridized carbons (Fsp3) is 0.400. The number of hydrogen-bond acceptors (Lipinski definition) is 3. The summed E-state index contributed by atoms with van der Waals surface area (Å²) in [5.41, 5.74) is 5.45. The van der Waals surface area contributed by atoms with Crippen LogP contribution in [0.15, 0.2) is 23.1 Å². The van der Waals surface area contributed by atoms with Crippen molar-refractivity contribution in [3.05, 3.63) is 23.2 Å². The topological polar surface area (TPSA) is 60.2 Å². The molecule has 0 aromatic heterocycles. The normalized spacial score (nSPS) is 12.7. The summed E-state index contributed by atoms with van der Waals surface area (Å²) in [6.07, 6.45) is -6.01. The second-order valence-electron chi connectivity index (χ2n) is 3.72. The molecule has 0 unspecified atom stereocenters. The summed E-state index contributed by atoms with van der Waals surface area (Å²) in [4.78, 5) is -0.225. The SMILES string of the molecule is Nc1ccc(Cl)cc1S(=O)(=O)CCCC(F)(F)F. The quantitative estimate of drug-likeness (QED) is 0.870. The minimum absolute atomic E-state index is 0.0218. The Morgan fingerprint density at radius 3 is 2.44 bits per heavy atom. The number of alkyl halides is 3. The lowest BCUT2D eigenvalue weighted by Gasteiger charge is -2.09. The molecule has 0 aliphatic heterocycles. The van der Waals surface area contributed by atoms with Crippen molar-refractivity contribution in [2.45, 2.75) is 23.9 Å². The third kappa shape index (κ3) is 4.38. The molecule has 0 spiro atoms. The van der Waals surface area contributed by atoms with Gasteiger partial charge in [0.15, 0.2) is 9.84 Å². The molecule has 8 heteroatoms. The maximum Gasteiger partial charge on any atom is 0.389 e. The molecule has 2 N–H and O–H groups in total. The molecule has 1 rings (SSSR count). The van der Waals surface area contributed by atoms with Gasteiger partial charge in [-0.2, -0.15) is 13.2 Å². The zero-order valence-electron chi connectivity index (χ0n) is 9.17. The maximum atomic E-state index is 11.9. The highest BCUT2D eigenvalue weighted by molar-refractivity contribution is 7.91. The van der Waals surface area contributed by atoms with E-state index in [4.69, 9.17) is 17.3 Å². The molecule has 1 aromatic rings. The Hall–Kier alpha value is -0.950. The Morgan fingerprint density at radius 1 is 1.28 bits per heavy atom. The summed E-state index contributed by atoms with van der Waals surface area (Å²) in [6.45, 7) is 0. The molecule has 0 atom stereocenters. The molecule has 0 fully saturated rings. The van der Waals surface area contributed by atoms with Gasteiger partial charge in [0.25, 0.3) is 0 Å². The molecular weight excluding hydrogens is 291 g/mol. The van der Waals surface area contributed by atoms with Gasteiger partial charge in [-0.05, 0) is 24.6 Å². The van der Waals surface area contributed by atoms with Crippen LogP contribution in [0.2, 0.25) is 5.02 Å².